The summed E-state index contributed by atoms with van der Waals surface area (Å²) in [6, 6.07) is 3.57. The molecule has 3 heteroatoms. The number of benzene rings is 1. The number of ether oxygens (including phenoxy) is 1. The Bertz CT molecular complexity index is 673. The third-order valence-corrected chi connectivity index (χ3v) is 5.23. The highest BCUT2D eigenvalue weighted by molar-refractivity contribution is 6.04. The molecule has 1 aromatic rings. The molecule has 2 atom stereocenters. The van der Waals surface area contributed by atoms with Crippen molar-refractivity contribution in [3.63, 3.8) is 0 Å². The van der Waals surface area contributed by atoms with Crippen LogP contribution >= 0.6 is 0 Å². The van der Waals surface area contributed by atoms with E-state index in [0.29, 0.717) is 30.1 Å². The summed E-state index contributed by atoms with van der Waals surface area (Å²) in [4.78, 5) is 4.81. The maximum atomic E-state index is 14.7. The van der Waals surface area contributed by atoms with Crippen molar-refractivity contribution in [1.82, 2.24) is 0 Å². The lowest BCUT2D eigenvalue weighted by Crippen LogP contribution is -2.18. The van der Waals surface area contributed by atoms with Crippen molar-refractivity contribution in [3.8, 4) is 5.75 Å². The van der Waals surface area contributed by atoms with Crippen LogP contribution in [-0.2, 0) is 0 Å². The molecule has 1 aliphatic carbocycles. The molecular formula is C21H28FNO. The normalized spacial score (nSPS) is 24.1. The minimum atomic E-state index is -0.264. The number of aliphatic imine (C=N–C) groups is 1. The summed E-state index contributed by atoms with van der Waals surface area (Å²) in [7, 11) is 0. The summed E-state index contributed by atoms with van der Waals surface area (Å²) in [5, 5.41) is 0. The van der Waals surface area contributed by atoms with Crippen molar-refractivity contribution in [2.24, 2.45) is 16.8 Å². The molecule has 130 valence electrons. The minimum absolute atomic E-state index is 0.264. The second-order valence-electron chi connectivity index (χ2n) is 7.41. The van der Waals surface area contributed by atoms with Crippen LogP contribution in [0.15, 0.2) is 28.9 Å². The molecule has 0 amide bonds. The van der Waals surface area contributed by atoms with Crippen LogP contribution in [0.3, 0.4) is 0 Å². The maximum Gasteiger partial charge on any atom is 0.165 e. The van der Waals surface area contributed by atoms with Gasteiger partial charge in [-0.1, -0.05) is 26.8 Å². The fourth-order valence-corrected chi connectivity index (χ4v) is 3.14. The Morgan fingerprint density at radius 3 is 2.75 bits per heavy atom. The highest BCUT2D eigenvalue weighted by Crippen LogP contribution is 2.35. The summed E-state index contributed by atoms with van der Waals surface area (Å²) >= 11 is 0. The highest BCUT2D eigenvalue weighted by Gasteiger charge is 2.25. The van der Waals surface area contributed by atoms with Crippen molar-refractivity contribution in [2.75, 3.05) is 6.61 Å². The predicted octanol–water partition coefficient (Wildman–Crippen LogP) is 5.86. The molecule has 1 fully saturated rings. The molecule has 0 spiro atoms. The summed E-state index contributed by atoms with van der Waals surface area (Å²) in [5.41, 5.74) is 4.14. The average molecular weight is 329 g/mol. The van der Waals surface area contributed by atoms with E-state index in [1.54, 1.807) is 6.07 Å². The van der Waals surface area contributed by atoms with Gasteiger partial charge in [0.1, 0.15) is 0 Å². The zero-order valence-electron chi connectivity index (χ0n) is 15.2. The van der Waals surface area contributed by atoms with Crippen molar-refractivity contribution in [3.05, 3.63) is 40.8 Å². The molecule has 24 heavy (non-hydrogen) atoms. The lowest BCUT2D eigenvalue weighted by molar-refractivity contribution is 0.285. The van der Waals surface area contributed by atoms with Gasteiger partial charge < -0.3 is 4.74 Å². The molecule has 0 bridgehead atoms. The molecule has 0 N–H and O–H groups in total. The van der Waals surface area contributed by atoms with Crippen LogP contribution in [0, 0.1) is 17.7 Å². The number of rotatable bonds is 5. The molecule has 1 heterocycles. The summed E-state index contributed by atoms with van der Waals surface area (Å²) in [5.74, 6) is 1.38. The maximum absolute atomic E-state index is 14.7. The fraction of sp³-hybridized carbons (Fsp3) is 0.571. The number of allylic oxidation sites excluding steroid dienone is 2. The van der Waals surface area contributed by atoms with Gasteiger partial charge in [0.15, 0.2) is 11.6 Å². The zero-order valence-corrected chi connectivity index (χ0v) is 15.2. The molecular weight excluding hydrogens is 301 g/mol. The minimum Gasteiger partial charge on any atom is -0.490 e. The van der Waals surface area contributed by atoms with Gasteiger partial charge in [-0.3, -0.25) is 4.99 Å². The third kappa shape index (κ3) is 3.71. The topological polar surface area (TPSA) is 21.6 Å². The molecule has 1 aliphatic heterocycles. The average Bonchev–Trinajstić information content (AvgIpc) is 3.39. The smallest absolute Gasteiger partial charge is 0.165 e. The van der Waals surface area contributed by atoms with Gasteiger partial charge in [0.05, 0.1) is 12.3 Å². The summed E-state index contributed by atoms with van der Waals surface area (Å²) < 4.78 is 20.4. The molecule has 3 rings (SSSR count). The Balaban J connectivity index is 2.03. The van der Waals surface area contributed by atoms with Crippen molar-refractivity contribution in [2.45, 2.75) is 59.3 Å². The molecule has 0 aromatic heterocycles. The van der Waals surface area contributed by atoms with Crippen LogP contribution < -0.4 is 4.74 Å². The van der Waals surface area contributed by atoms with E-state index in [4.69, 9.17) is 9.73 Å². The first kappa shape index (κ1) is 17.2. The quantitative estimate of drug-likeness (QED) is 0.663. The van der Waals surface area contributed by atoms with Gasteiger partial charge in [-0.05, 0) is 68.1 Å². The standard InChI is InChI=1S/C21H28FNO/c1-5-13(2)21-18-10-19(22)20(24-12-16-8-9-16)11-17(18)14(3)6-7-15(4)23-21/h7,10-11,13-14,16H,5-6,8-9,12H2,1-4H3/b15-7+,23-21?. The Kier molecular flexibility index (Phi) is 5.07. The Hall–Kier alpha value is -1.64. The van der Waals surface area contributed by atoms with Gasteiger partial charge in [0.2, 0.25) is 0 Å². The first-order valence-corrected chi connectivity index (χ1v) is 9.21. The number of hydrogen-bond acceptors (Lipinski definition) is 2. The van der Waals surface area contributed by atoms with E-state index < -0.39 is 0 Å². The Morgan fingerprint density at radius 2 is 2.08 bits per heavy atom. The lowest BCUT2D eigenvalue weighted by atomic mass is 9.85. The molecule has 0 saturated heterocycles. The van der Waals surface area contributed by atoms with Crippen LogP contribution in [0.2, 0.25) is 0 Å². The molecule has 1 saturated carbocycles. The number of fused-ring (bicyclic) bond motifs is 1. The first-order chi connectivity index (χ1) is 11.5. The number of nitrogens with zero attached hydrogens (tertiary/aromatic N) is 1. The van der Waals surface area contributed by atoms with Gasteiger partial charge in [-0.15, -0.1) is 0 Å². The SMILES string of the molecule is CCC(C)C1=N/C(C)=C/CC(C)c2cc(OCC3CC3)c(F)cc21. The van der Waals surface area contributed by atoms with Crippen molar-refractivity contribution < 1.29 is 9.13 Å². The van der Waals surface area contributed by atoms with E-state index in [9.17, 15) is 4.39 Å². The number of halogens is 1. The predicted molar refractivity (Wildman–Crippen MR) is 97.4 cm³/mol. The summed E-state index contributed by atoms with van der Waals surface area (Å²) in [6.07, 6.45) is 6.51. The molecule has 2 unspecified atom stereocenters. The van der Waals surface area contributed by atoms with Crippen LogP contribution in [0.25, 0.3) is 0 Å². The fourth-order valence-electron chi connectivity index (χ4n) is 3.14. The van der Waals surface area contributed by atoms with Gasteiger partial charge >= 0.3 is 0 Å². The van der Waals surface area contributed by atoms with Crippen LogP contribution in [0.4, 0.5) is 4.39 Å². The van der Waals surface area contributed by atoms with Crippen LogP contribution in [0.1, 0.15) is 70.4 Å². The van der Waals surface area contributed by atoms with Gasteiger partial charge in [-0.2, -0.15) is 0 Å². The summed E-state index contributed by atoms with van der Waals surface area (Å²) in [6.45, 7) is 9.18. The number of hydrogen-bond donors (Lipinski definition) is 0. The van der Waals surface area contributed by atoms with Crippen LogP contribution in [0.5, 0.6) is 5.75 Å². The van der Waals surface area contributed by atoms with Crippen LogP contribution in [-0.4, -0.2) is 12.3 Å². The van der Waals surface area contributed by atoms with Crippen molar-refractivity contribution in [1.29, 1.82) is 0 Å². The Morgan fingerprint density at radius 1 is 1.33 bits per heavy atom. The zero-order chi connectivity index (χ0) is 17.3. The van der Waals surface area contributed by atoms with Gasteiger partial charge in [-0.25, -0.2) is 4.39 Å². The Labute approximate surface area is 144 Å². The van der Waals surface area contributed by atoms with E-state index in [0.717, 1.165) is 35.4 Å². The molecule has 2 aliphatic rings. The van der Waals surface area contributed by atoms with E-state index in [1.807, 2.05) is 13.0 Å². The lowest BCUT2D eigenvalue weighted by Gasteiger charge is -2.24. The second-order valence-corrected chi connectivity index (χ2v) is 7.41. The van der Waals surface area contributed by atoms with Crippen molar-refractivity contribution >= 4 is 5.71 Å². The van der Waals surface area contributed by atoms with Gasteiger partial charge in [0.25, 0.3) is 0 Å². The second kappa shape index (κ2) is 7.08. The highest BCUT2D eigenvalue weighted by atomic mass is 19.1. The third-order valence-electron chi connectivity index (χ3n) is 5.23. The van der Waals surface area contributed by atoms with Gasteiger partial charge in [0, 0.05) is 11.3 Å². The van der Waals surface area contributed by atoms with E-state index >= 15 is 0 Å². The molecule has 2 nitrogen and oxygen atoms in total. The monoisotopic (exact) mass is 329 g/mol. The molecule has 1 aromatic carbocycles. The van der Waals surface area contributed by atoms with E-state index in [2.05, 4.69) is 26.8 Å². The van der Waals surface area contributed by atoms with E-state index in [1.165, 1.54) is 12.8 Å². The largest absolute Gasteiger partial charge is 0.490 e. The molecule has 0 radical (unpaired) electrons. The first-order valence-electron chi connectivity index (χ1n) is 9.21. The van der Waals surface area contributed by atoms with E-state index in [-0.39, 0.29) is 5.82 Å².